The number of benzene rings is 1. The third-order valence-electron chi connectivity index (χ3n) is 1.90. The normalized spacial score (nSPS) is 11.5. The van der Waals surface area contributed by atoms with Gasteiger partial charge in [-0.2, -0.15) is 0 Å². The summed E-state index contributed by atoms with van der Waals surface area (Å²) in [4.78, 5) is 0. The Morgan fingerprint density at radius 3 is 2.64 bits per heavy atom. The van der Waals surface area contributed by atoms with Gasteiger partial charge in [-0.05, 0) is 6.07 Å². The van der Waals surface area contributed by atoms with E-state index in [1.54, 1.807) is 0 Å². The van der Waals surface area contributed by atoms with Crippen LogP contribution in [0.2, 0.25) is 5.02 Å². The Morgan fingerprint density at radius 2 is 2.00 bits per heavy atom. The summed E-state index contributed by atoms with van der Waals surface area (Å²) in [5.74, 6) is -0.624. The summed E-state index contributed by atoms with van der Waals surface area (Å²) in [6.45, 7) is 0. The second kappa shape index (κ2) is 3.44. The van der Waals surface area contributed by atoms with Gasteiger partial charge in [-0.25, -0.2) is 13.2 Å². The first kappa shape index (κ1) is 9.80. The summed E-state index contributed by atoms with van der Waals surface area (Å²) < 4.78 is 38.3. The lowest BCUT2D eigenvalue weighted by molar-refractivity contribution is 0.153. The molecular weight excluding hydrogens is 233 g/mol. The van der Waals surface area contributed by atoms with E-state index >= 15 is 0 Å². The maximum atomic E-state index is 13.3. The third kappa shape index (κ3) is 1.38. The van der Waals surface area contributed by atoms with E-state index in [1.165, 1.54) is 17.5 Å². The van der Waals surface area contributed by atoms with E-state index in [0.717, 1.165) is 11.3 Å². The van der Waals surface area contributed by atoms with Crippen molar-refractivity contribution in [3.8, 4) is 0 Å². The number of hydrogen-bond donors (Lipinski definition) is 0. The van der Waals surface area contributed by atoms with Gasteiger partial charge in [0, 0.05) is 16.3 Å². The molecule has 5 heteroatoms. The third-order valence-corrected chi connectivity index (χ3v) is 3.20. The number of hydrogen-bond acceptors (Lipinski definition) is 1. The molecule has 0 saturated heterocycles. The lowest BCUT2D eigenvalue weighted by Crippen LogP contribution is -1.82. The zero-order valence-electron chi connectivity index (χ0n) is 6.73. The first-order chi connectivity index (χ1) is 6.61. The lowest BCUT2D eigenvalue weighted by Gasteiger charge is -1.98. The molecule has 2 aromatic rings. The molecule has 0 aliphatic carbocycles. The van der Waals surface area contributed by atoms with Crippen molar-refractivity contribution in [2.75, 3.05) is 0 Å². The molecule has 0 amide bonds. The molecule has 0 bridgehead atoms. The van der Waals surface area contributed by atoms with Gasteiger partial charge in [0.15, 0.2) is 5.82 Å². The van der Waals surface area contributed by atoms with Gasteiger partial charge in [0.2, 0.25) is 0 Å². The standard InChI is InChI=1S/C9H4ClF3S/c10-6-2-1-4-5(9(12)13)3-14-8(4)7(6)11/h1-3,9H. The summed E-state index contributed by atoms with van der Waals surface area (Å²) in [6, 6.07) is 2.70. The van der Waals surface area contributed by atoms with Crippen LogP contribution in [-0.4, -0.2) is 0 Å². The number of alkyl halides is 2. The van der Waals surface area contributed by atoms with Crippen molar-refractivity contribution < 1.29 is 13.2 Å². The van der Waals surface area contributed by atoms with Crippen LogP contribution in [0.4, 0.5) is 13.2 Å². The summed E-state index contributed by atoms with van der Waals surface area (Å²) in [5, 5.41) is 1.46. The Hall–Kier alpha value is -0.740. The highest BCUT2D eigenvalue weighted by Crippen LogP contribution is 2.36. The minimum absolute atomic E-state index is 0.0415. The van der Waals surface area contributed by atoms with Crippen LogP contribution >= 0.6 is 22.9 Å². The Morgan fingerprint density at radius 1 is 1.29 bits per heavy atom. The molecular formula is C9H4ClF3S. The molecule has 1 heterocycles. The molecule has 14 heavy (non-hydrogen) atoms. The van der Waals surface area contributed by atoms with Crippen molar-refractivity contribution in [2.24, 2.45) is 0 Å². The monoisotopic (exact) mass is 236 g/mol. The fraction of sp³-hybridized carbons (Fsp3) is 0.111. The maximum absolute atomic E-state index is 13.3. The van der Waals surface area contributed by atoms with Crippen LogP contribution in [0.15, 0.2) is 17.5 Å². The summed E-state index contributed by atoms with van der Waals surface area (Å²) in [6.07, 6.45) is -2.58. The highest BCUT2D eigenvalue weighted by Gasteiger charge is 2.16. The van der Waals surface area contributed by atoms with Gasteiger partial charge >= 0.3 is 0 Å². The summed E-state index contributed by atoms with van der Waals surface area (Å²) in [7, 11) is 0. The number of thiophene rings is 1. The zero-order valence-corrected chi connectivity index (χ0v) is 8.30. The average Bonchev–Trinajstić information content (AvgIpc) is 2.55. The van der Waals surface area contributed by atoms with Crippen molar-refractivity contribution in [3.63, 3.8) is 0 Å². The predicted molar refractivity (Wildman–Crippen MR) is 51.8 cm³/mol. The van der Waals surface area contributed by atoms with E-state index in [1.807, 2.05) is 0 Å². The molecule has 0 spiro atoms. The fourth-order valence-electron chi connectivity index (χ4n) is 1.23. The average molecular weight is 237 g/mol. The molecule has 0 fully saturated rings. The van der Waals surface area contributed by atoms with E-state index in [-0.39, 0.29) is 20.7 Å². The van der Waals surface area contributed by atoms with Crippen molar-refractivity contribution >= 4 is 33.0 Å². The summed E-state index contributed by atoms with van der Waals surface area (Å²) >= 11 is 6.46. The molecule has 0 nitrogen and oxygen atoms in total. The van der Waals surface area contributed by atoms with E-state index in [2.05, 4.69) is 0 Å². The molecule has 0 aliphatic rings. The highest BCUT2D eigenvalue weighted by atomic mass is 35.5. The Kier molecular flexibility index (Phi) is 2.41. The molecule has 1 aromatic heterocycles. The Bertz CT molecular complexity index is 478. The van der Waals surface area contributed by atoms with Crippen molar-refractivity contribution in [3.05, 3.63) is 33.9 Å². The molecule has 1 aromatic carbocycles. The van der Waals surface area contributed by atoms with Crippen LogP contribution in [0.25, 0.3) is 10.1 Å². The van der Waals surface area contributed by atoms with Crippen LogP contribution in [-0.2, 0) is 0 Å². The zero-order chi connectivity index (χ0) is 10.3. The quantitative estimate of drug-likeness (QED) is 0.677. The Labute approximate surface area is 86.9 Å². The molecule has 0 N–H and O–H groups in total. The van der Waals surface area contributed by atoms with Crippen LogP contribution in [0.5, 0.6) is 0 Å². The Balaban J connectivity index is 2.77. The number of rotatable bonds is 1. The van der Waals surface area contributed by atoms with Crippen LogP contribution in [0.1, 0.15) is 12.0 Å². The minimum atomic E-state index is -2.58. The predicted octanol–water partition coefficient (Wildman–Crippen LogP) is 4.63. The van der Waals surface area contributed by atoms with Crippen LogP contribution in [0, 0.1) is 5.82 Å². The number of fused-ring (bicyclic) bond motifs is 1. The smallest absolute Gasteiger partial charge is 0.205 e. The second-order valence-corrected chi connectivity index (χ2v) is 4.02. The second-order valence-electron chi connectivity index (χ2n) is 2.73. The molecule has 2 rings (SSSR count). The van der Waals surface area contributed by atoms with E-state index in [0.29, 0.717) is 0 Å². The van der Waals surface area contributed by atoms with Gasteiger partial charge in [0.25, 0.3) is 6.43 Å². The van der Waals surface area contributed by atoms with E-state index < -0.39 is 12.2 Å². The molecule has 0 saturated carbocycles. The first-order valence-electron chi connectivity index (χ1n) is 3.74. The van der Waals surface area contributed by atoms with Gasteiger partial charge in [0.1, 0.15) is 0 Å². The molecule has 0 radical (unpaired) electrons. The van der Waals surface area contributed by atoms with Crippen molar-refractivity contribution in [2.45, 2.75) is 6.43 Å². The van der Waals surface area contributed by atoms with Gasteiger partial charge < -0.3 is 0 Å². The summed E-state index contributed by atoms with van der Waals surface area (Å²) in [5.41, 5.74) is -0.138. The fourth-order valence-corrected chi connectivity index (χ4v) is 2.44. The molecule has 0 atom stereocenters. The van der Waals surface area contributed by atoms with Gasteiger partial charge in [0.05, 0.1) is 9.72 Å². The van der Waals surface area contributed by atoms with E-state index in [4.69, 9.17) is 11.6 Å². The van der Waals surface area contributed by atoms with Crippen LogP contribution in [0.3, 0.4) is 0 Å². The first-order valence-corrected chi connectivity index (χ1v) is 5.00. The maximum Gasteiger partial charge on any atom is 0.265 e. The van der Waals surface area contributed by atoms with Gasteiger partial charge in [-0.3, -0.25) is 0 Å². The van der Waals surface area contributed by atoms with Crippen LogP contribution < -0.4 is 0 Å². The van der Waals surface area contributed by atoms with Gasteiger partial charge in [-0.15, -0.1) is 11.3 Å². The largest absolute Gasteiger partial charge is 0.265 e. The topological polar surface area (TPSA) is 0 Å². The SMILES string of the molecule is Fc1c(Cl)ccc2c(C(F)F)csc12. The highest BCUT2D eigenvalue weighted by molar-refractivity contribution is 7.17. The molecule has 0 unspecified atom stereocenters. The van der Waals surface area contributed by atoms with E-state index in [9.17, 15) is 13.2 Å². The van der Waals surface area contributed by atoms with Gasteiger partial charge in [-0.1, -0.05) is 17.7 Å². The molecule has 74 valence electrons. The molecule has 0 aliphatic heterocycles. The van der Waals surface area contributed by atoms with Crippen molar-refractivity contribution in [1.29, 1.82) is 0 Å². The number of halogens is 4. The van der Waals surface area contributed by atoms with Crippen molar-refractivity contribution in [1.82, 2.24) is 0 Å². The minimum Gasteiger partial charge on any atom is -0.205 e. The lowest BCUT2D eigenvalue weighted by atomic mass is 10.2.